The number of halogens is 1. The molecule has 0 amide bonds. The summed E-state index contributed by atoms with van der Waals surface area (Å²) in [6.07, 6.45) is 0. The van der Waals surface area contributed by atoms with Gasteiger partial charge in [-0.15, -0.1) is 0 Å². The van der Waals surface area contributed by atoms with Crippen LogP contribution in [0.3, 0.4) is 0 Å². The minimum Gasteiger partial charge on any atom is -0.375 e. The molecular formula is C9H10BrNO. The van der Waals surface area contributed by atoms with Crippen molar-refractivity contribution in [2.75, 3.05) is 6.61 Å². The van der Waals surface area contributed by atoms with Crippen molar-refractivity contribution in [1.29, 1.82) is 0 Å². The van der Waals surface area contributed by atoms with Crippen molar-refractivity contribution < 1.29 is 4.74 Å². The molecule has 0 radical (unpaired) electrons. The van der Waals surface area contributed by atoms with E-state index in [9.17, 15) is 0 Å². The Labute approximate surface area is 79.8 Å². The molecule has 0 bridgehead atoms. The van der Waals surface area contributed by atoms with Crippen LogP contribution in [0.4, 0.5) is 0 Å². The van der Waals surface area contributed by atoms with Crippen LogP contribution in [0.25, 0.3) is 0 Å². The van der Waals surface area contributed by atoms with E-state index in [0.29, 0.717) is 13.2 Å². The van der Waals surface area contributed by atoms with Crippen molar-refractivity contribution in [1.82, 2.24) is 0 Å². The van der Waals surface area contributed by atoms with Gasteiger partial charge < -0.3 is 10.5 Å². The van der Waals surface area contributed by atoms with Gasteiger partial charge in [0.15, 0.2) is 0 Å². The summed E-state index contributed by atoms with van der Waals surface area (Å²) in [4.78, 5) is 0. The molecule has 0 saturated carbocycles. The average Bonchev–Trinajstić information content (AvgIpc) is 2.07. The van der Waals surface area contributed by atoms with E-state index in [0.717, 1.165) is 4.47 Å². The third-order valence-corrected chi connectivity index (χ3v) is 2.84. The lowest BCUT2D eigenvalue weighted by Crippen LogP contribution is -2.23. The number of benzene rings is 1. The van der Waals surface area contributed by atoms with E-state index < -0.39 is 0 Å². The van der Waals surface area contributed by atoms with Crippen LogP contribution in [-0.2, 0) is 11.3 Å². The van der Waals surface area contributed by atoms with Crippen LogP contribution >= 0.6 is 15.9 Å². The molecule has 0 aliphatic carbocycles. The Morgan fingerprint density at radius 3 is 3.08 bits per heavy atom. The first-order valence-corrected chi connectivity index (χ1v) is 4.69. The Morgan fingerprint density at radius 1 is 1.50 bits per heavy atom. The fourth-order valence-corrected chi connectivity index (χ4v) is 1.95. The first-order chi connectivity index (χ1) is 5.79. The molecule has 0 unspecified atom stereocenters. The van der Waals surface area contributed by atoms with Crippen LogP contribution in [0.5, 0.6) is 0 Å². The van der Waals surface area contributed by atoms with E-state index in [1.807, 2.05) is 12.1 Å². The number of nitrogens with two attached hydrogens (primary N) is 1. The second-order valence-corrected chi connectivity index (χ2v) is 3.78. The molecule has 2 nitrogen and oxygen atoms in total. The first-order valence-electron chi connectivity index (χ1n) is 3.89. The topological polar surface area (TPSA) is 35.2 Å². The Balaban J connectivity index is 2.52. The van der Waals surface area contributed by atoms with Crippen LogP contribution in [0.2, 0.25) is 0 Å². The van der Waals surface area contributed by atoms with Gasteiger partial charge >= 0.3 is 0 Å². The quantitative estimate of drug-likeness (QED) is 0.736. The van der Waals surface area contributed by atoms with Crippen molar-refractivity contribution in [2.24, 2.45) is 5.73 Å². The van der Waals surface area contributed by atoms with E-state index in [1.165, 1.54) is 11.1 Å². The highest BCUT2D eigenvalue weighted by Crippen LogP contribution is 2.28. The van der Waals surface area contributed by atoms with Gasteiger partial charge in [0, 0.05) is 4.47 Å². The largest absolute Gasteiger partial charge is 0.375 e. The van der Waals surface area contributed by atoms with Gasteiger partial charge in [0.2, 0.25) is 0 Å². The highest BCUT2D eigenvalue weighted by atomic mass is 79.9. The smallest absolute Gasteiger partial charge is 0.0732 e. The molecule has 2 N–H and O–H groups in total. The second-order valence-electron chi connectivity index (χ2n) is 2.93. The van der Waals surface area contributed by atoms with Gasteiger partial charge in [0.1, 0.15) is 0 Å². The van der Waals surface area contributed by atoms with Crippen LogP contribution in [0, 0.1) is 0 Å². The molecule has 0 fully saturated rings. The zero-order valence-corrected chi connectivity index (χ0v) is 8.17. The number of hydrogen-bond donors (Lipinski definition) is 1. The maximum atomic E-state index is 5.87. The summed E-state index contributed by atoms with van der Waals surface area (Å²) in [5.41, 5.74) is 8.26. The van der Waals surface area contributed by atoms with E-state index in [1.54, 1.807) is 0 Å². The Kier molecular flexibility index (Phi) is 2.17. The van der Waals surface area contributed by atoms with Crippen molar-refractivity contribution in [3.05, 3.63) is 33.8 Å². The maximum absolute atomic E-state index is 5.87. The summed E-state index contributed by atoms with van der Waals surface area (Å²) < 4.78 is 6.43. The van der Waals surface area contributed by atoms with Gasteiger partial charge in [-0.3, -0.25) is 0 Å². The van der Waals surface area contributed by atoms with Crippen molar-refractivity contribution in [2.45, 2.75) is 12.6 Å². The molecule has 1 heterocycles. The van der Waals surface area contributed by atoms with Crippen molar-refractivity contribution in [3.8, 4) is 0 Å². The summed E-state index contributed by atoms with van der Waals surface area (Å²) in [5.74, 6) is 0. The van der Waals surface area contributed by atoms with Gasteiger partial charge in [-0.05, 0) is 17.2 Å². The lowest BCUT2D eigenvalue weighted by atomic mass is 10.00. The molecule has 1 atom stereocenters. The Hall–Kier alpha value is -0.380. The standard InChI is InChI=1S/C9H10BrNO/c10-8-3-1-2-6-7(8)4-12-5-9(6)11/h1-3,9H,4-5,11H2/t9-/m0/s1. The molecule has 0 spiro atoms. The summed E-state index contributed by atoms with van der Waals surface area (Å²) in [6, 6.07) is 6.12. The summed E-state index contributed by atoms with van der Waals surface area (Å²) in [6.45, 7) is 1.30. The maximum Gasteiger partial charge on any atom is 0.0732 e. The number of fused-ring (bicyclic) bond motifs is 1. The monoisotopic (exact) mass is 227 g/mol. The molecule has 2 rings (SSSR count). The van der Waals surface area contributed by atoms with Crippen LogP contribution in [0.1, 0.15) is 17.2 Å². The zero-order chi connectivity index (χ0) is 8.55. The van der Waals surface area contributed by atoms with E-state index >= 15 is 0 Å². The van der Waals surface area contributed by atoms with Crippen LogP contribution in [0.15, 0.2) is 22.7 Å². The molecule has 1 aliphatic rings. The normalized spacial score (nSPS) is 22.0. The molecule has 3 heteroatoms. The molecule has 1 aromatic rings. The molecule has 64 valence electrons. The minimum absolute atomic E-state index is 0.0336. The summed E-state index contributed by atoms with van der Waals surface area (Å²) in [7, 11) is 0. The highest BCUT2D eigenvalue weighted by molar-refractivity contribution is 9.10. The highest BCUT2D eigenvalue weighted by Gasteiger charge is 2.18. The Bertz CT molecular complexity index is 301. The second kappa shape index (κ2) is 3.17. The number of ether oxygens (including phenoxy) is 1. The number of hydrogen-bond acceptors (Lipinski definition) is 2. The van der Waals surface area contributed by atoms with Crippen molar-refractivity contribution >= 4 is 15.9 Å². The minimum atomic E-state index is 0.0336. The van der Waals surface area contributed by atoms with E-state index in [4.69, 9.17) is 10.5 Å². The van der Waals surface area contributed by atoms with Crippen molar-refractivity contribution in [3.63, 3.8) is 0 Å². The van der Waals surface area contributed by atoms with Crippen LogP contribution < -0.4 is 5.73 Å². The molecule has 1 aliphatic heterocycles. The lowest BCUT2D eigenvalue weighted by molar-refractivity contribution is 0.0919. The molecular weight excluding hydrogens is 218 g/mol. The third kappa shape index (κ3) is 1.28. The Morgan fingerprint density at radius 2 is 2.33 bits per heavy atom. The van der Waals surface area contributed by atoms with E-state index in [2.05, 4.69) is 22.0 Å². The predicted molar refractivity (Wildman–Crippen MR) is 50.7 cm³/mol. The fraction of sp³-hybridized carbons (Fsp3) is 0.333. The summed E-state index contributed by atoms with van der Waals surface area (Å²) >= 11 is 3.47. The van der Waals surface area contributed by atoms with Gasteiger partial charge in [0.25, 0.3) is 0 Å². The van der Waals surface area contributed by atoms with Crippen LogP contribution in [-0.4, -0.2) is 6.61 Å². The predicted octanol–water partition coefficient (Wildman–Crippen LogP) is 1.98. The van der Waals surface area contributed by atoms with Gasteiger partial charge in [0.05, 0.1) is 19.3 Å². The first kappa shape index (κ1) is 8.23. The molecule has 12 heavy (non-hydrogen) atoms. The average molecular weight is 228 g/mol. The number of rotatable bonds is 0. The lowest BCUT2D eigenvalue weighted by Gasteiger charge is -2.23. The van der Waals surface area contributed by atoms with Gasteiger partial charge in [-0.2, -0.15) is 0 Å². The molecule has 1 aromatic carbocycles. The van der Waals surface area contributed by atoms with E-state index in [-0.39, 0.29) is 6.04 Å². The summed E-state index contributed by atoms with van der Waals surface area (Å²) in [5, 5.41) is 0. The molecule has 0 saturated heterocycles. The fourth-order valence-electron chi connectivity index (χ4n) is 1.45. The zero-order valence-electron chi connectivity index (χ0n) is 6.59. The molecule has 0 aromatic heterocycles. The van der Waals surface area contributed by atoms with Gasteiger partial charge in [-0.1, -0.05) is 28.1 Å². The SMILES string of the molecule is N[C@H]1COCc2c(Br)cccc21. The van der Waals surface area contributed by atoms with Gasteiger partial charge in [-0.25, -0.2) is 0 Å². The third-order valence-electron chi connectivity index (χ3n) is 2.10.